The normalized spacial score (nSPS) is 11.4. The topological polar surface area (TPSA) is 112 Å². The summed E-state index contributed by atoms with van der Waals surface area (Å²) in [5, 5.41) is 11.3. The molecule has 1 aromatic carbocycles. The molecule has 0 bridgehead atoms. The molecule has 0 aliphatic rings. The minimum absolute atomic E-state index is 0.0586. The summed E-state index contributed by atoms with van der Waals surface area (Å²) < 4.78 is 9.71. The molecule has 0 saturated carbocycles. The Kier molecular flexibility index (Phi) is 7.02. The van der Waals surface area contributed by atoms with Crippen LogP contribution in [0.2, 0.25) is 0 Å². The van der Waals surface area contributed by atoms with Gasteiger partial charge in [0.1, 0.15) is 0 Å². The van der Waals surface area contributed by atoms with Gasteiger partial charge in [-0.2, -0.15) is 0 Å². The maximum absolute atomic E-state index is 13.1. The second kappa shape index (κ2) is 9.45. The van der Waals surface area contributed by atoms with Gasteiger partial charge >= 0.3 is 11.7 Å². The number of esters is 1. The summed E-state index contributed by atoms with van der Waals surface area (Å²) in [5.41, 5.74) is 0.570. The van der Waals surface area contributed by atoms with E-state index in [0.717, 1.165) is 5.56 Å². The van der Waals surface area contributed by atoms with Gasteiger partial charge < -0.3 is 14.4 Å². The van der Waals surface area contributed by atoms with Crippen molar-refractivity contribution in [2.45, 2.75) is 13.5 Å². The number of nitrogens with zero attached hydrogens (tertiary/aromatic N) is 3. The fraction of sp³-hybridized carbons (Fsp3) is 0.316. The van der Waals surface area contributed by atoms with Crippen LogP contribution in [-0.4, -0.2) is 47.4 Å². The van der Waals surface area contributed by atoms with Gasteiger partial charge in [-0.1, -0.05) is 13.0 Å². The first-order chi connectivity index (χ1) is 13.4. The molecule has 0 N–H and O–H groups in total. The van der Waals surface area contributed by atoms with E-state index in [1.54, 1.807) is 31.5 Å². The van der Waals surface area contributed by atoms with Crippen LogP contribution in [0.15, 0.2) is 42.7 Å². The zero-order chi connectivity index (χ0) is 20.7. The van der Waals surface area contributed by atoms with E-state index < -0.39 is 22.7 Å². The monoisotopic (exact) mass is 387 g/mol. The van der Waals surface area contributed by atoms with Crippen molar-refractivity contribution < 1.29 is 24.0 Å². The van der Waals surface area contributed by atoms with Crippen LogP contribution in [0, 0.1) is 16.0 Å². The molecular formula is C19H21N3O6. The molecule has 0 radical (unpaired) electrons. The van der Waals surface area contributed by atoms with E-state index in [4.69, 9.17) is 9.47 Å². The predicted octanol–water partition coefficient (Wildman–Crippen LogP) is 2.45. The zero-order valence-corrected chi connectivity index (χ0v) is 15.8. The van der Waals surface area contributed by atoms with Gasteiger partial charge in [-0.05, 0) is 23.8 Å². The van der Waals surface area contributed by atoms with E-state index in [9.17, 15) is 19.7 Å². The molecule has 1 aromatic heterocycles. The summed E-state index contributed by atoms with van der Waals surface area (Å²) in [4.78, 5) is 41.0. The summed E-state index contributed by atoms with van der Waals surface area (Å²) in [7, 11) is 2.59. The van der Waals surface area contributed by atoms with Crippen LogP contribution in [0.25, 0.3) is 0 Å². The summed E-state index contributed by atoms with van der Waals surface area (Å²) in [6.45, 7) is 1.92. The number of ether oxygens (including phenoxy) is 2. The predicted molar refractivity (Wildman–Crippen MR) is 99.8 cm³/mol. The van der Waals surface area contributed by atoms with Crippen molar-refractivity contribution in [2.24, 2.45) is 5.92 Å². The Morgan fingerprint density at radius 1 is 1.29 bits per heavy atom. The summed E-state index contributed by atoms with van der Waals surface area (Å²) in [6, 6.07) is 7.53. The molecule has 2 aromatic rings. The Hall–Kier alpha value is -3.49. The van der Waals surface area contributed by atoms with E-state index in [-0.39, 0.29) is 30.1 Å². The molecule has 0 aliphatic heterocycles. The molecule has 1 amide bonds. The van der Waals surface area contributed by atoms with Gasteiger partial charge in [-0.25, -0.2) is 0 Å². The Labute approximate surface area is 162 Å². The van der Waals surface area contributed by atoms with Crippen molar-refractivity contribution in [3.63, 3.8) is 0 Å². The second-order valence-corrected chi connectivity index (χ2v) is 6.11. The first-order valence-corrected chi connectivity index (χ1v) is 8.45. The van der Waals surface area contributed by atoms with Gasteiger partial charge in [0, 0.05) is 37.1 Å². The number of benzene rings is 1. The van der Waals surface area contributed by atoms with E-state index in [1.807, 2.05) is 0 Å². The number of hydrogen-bond donors (Lipinski definition) is 0. The summed E-state index contributed by atoms with van der Waals surface area (Å²) >= 11 is 0. The van der Waals surface area contributed by atoms with E-state index in [0.29, 0.717) is 0 Å². The van der Waals surface area contributed by atoms with E-state index >= 15 is 0 Å². The highest BCUT2D eigenvalue weighted by molar-refractivity contribution is 5.95. The molecule has 9 heteroatoms. The number of carbonyl (C=O) groups is 2. The molecule has 0 saturated heterocycles. The fourth-order valence-corrected chi connectivity index (χ4v) is 2.69. The molecule has 1 heterocycles. The van der Waals surface area contributed by atoms with Crippen molar-refractivity contribution in [3.05, 3.63) is 64.0 Å². The second-order valence-electron chi connectivity index (χ2n) is 6.11. The lowest BCUT2D eigenvalue weighted by Crippen LogP contribution is -2.37. The molecule has 0 fully saturated rings. The molecule has 1 atom stereocenters. The van der Waals surface area contributed by atoms with Crippen LogP contribution >= 0.6 is 0 Å². The number of amides is 1. The zero-order valence-electron chi connectivity index (χ0n) is 15.8. The molecule has 28 heavy (non-hydrogen) atoms. The number of nitro benzene ring substituents is 1. The first-order valence-electron chi connectivity index (χ1n) is 8.45. The van der Waals surface area contributed by atoms with Gasteiger partial charge in [0.15, 0.2) is 5.75 Å². The van der Waals surface area contributed by atoms with Crippen molar-refractivity contribution in [3.8, 4) is 5.75 Å². The van der Waals surface area contributed by atoms with Crippen LogP contribution in [-0.2, 0) is 16.1 Å². The van der Waals surface area contributed by atoms with Crippen molar-refractivity contribution in [1.29, 1.82) is 0 Å². The first kappa shape index (κ1) is 20.8. The number of aromatic nitrogens is 1. The Morgan fingerprint density at radius 2 is 2.04 bits per heavy atom. The van der Waals surface area contributed by atoms with Crippen molar-refractivity contribution in [2.75, 3.05) is 20.8 Å². The minimum Gasteiger partial charge on any atom is -0.490 e. The average Bonchev–Trinajstić information content (AvgIpc) is 2.72. The fourth-order valence-electron chi connectivity index (χ4n) is 2.69. The summed E-state index contributed by atoms with van der Waals surface area (Å²) in [5.74, 6) is -1.42. The lowest BCUT2D eigenvalue weighted by atomic mass is 10.1. The smallest absolute Gasteiger partial charge is 0.311 e. The Bertz CT molecular complexity index is 856. The van der Waals surface area contributed by atoms with Gasteiger partial charge in [-0.15, -0.1) is 0 Å². The largest absolute Gasteiger partial charge is 0.490 e. The maximum atomic E-state index is 13.1. The van der Waals surface area contributed by atoms with Gasteiger partial charge in [0.05, 0.1) is 25.1 Å². The van der Waals surface area contributed by atoms with Crippen LogP contribution in [0.3, 0.4) is 0 Å². The highest BCUT2D eigenvalue weighted by Gasteiger charge is 2.25. The molecule has 0 aliphatic carbocycles. The molecule has 0 spiro atoms. The third kappa shape index (κ3) is 5.03. The van der Waals surface area contributed by atoms with Gasteiger partial charge in [0.25, 0.3) is 5.91 Å². The molecule has 1 unspecified atom stereocenters. The van der Waals surface area contributed by atoms with Gasteiger partial charge in [0.2, 0.25) is 0 Å². The third-order valence-electron chi connectivity index (χ3n) is 4.10. The van der Waals surface area contributed by atoms with E-state index in [1.165, 1.54) is 37.3 Å². The molecule has 9 nitrogen and oxygen atoms in total. The quantitative estimate of drug-likeness (QED) is 0.388. The third-order valence-corrected chi connectivity index (χ3v) is 4.10. The van der Waals surface area contributed by atoms with Gasteiger partial charge in [-0.3, -0.25) is 24.7 Å². The van der Waals surface area contributed by atoms with Crippen LogP contribution in [0.5, 0.6) is 5.75 Å². The maximum Gasteiger partial charge on any atom is 0.311 e. The lowest BCUT2D eigenvalue weighted by molar-refractivity contribution is -0.385. The average molecular weight is 387 g/mol. The van der Waals surface area contributed by atoms with Crippen LogP contribution in [0.1, 0.15) is 22.8 Å². The Morgan fingerprint density at radius 3 is 2.61 bits per heavy atom. The van der Waals surface area contributed by atoms with Crippen molar-refractivity contribution in [1.82, 2.24) is 9.88 Å². The Balaban J connectivity index is 2.35. The number of hydrogen-bond acceptors (Lipinski definition) is 7. The standard InChI is InChI=1S/C19H21N3O6/c1-13(19(24)28-3)11-21(12-14-5-4-8-20-10-14)18(23)15-6-7-17(27-2)16(9-15)22(25)26/h4-10,13H,11-12H2,1-3H3. The molecule has 148 valence electrons. The number of rotatable bonds is 8. The van der Waals surface area contributed by atoms with Crippen molar-refractivity contribution >= 4 is 17.6 Å². The van der Waals surface area contributed by atoms with Crippen LogP contribution in [0.4, 0.5) is 5.69 Å². The molecule has 2 rings (SSSR count). The SMILES string of the molecule is COC(=O)C(C)CN(Cc1cccnc1)C(=O)c1ccc(OC)c([N+](=O)[O-])c1. The molecular weight excluding hydrogens is 366 g/mol. The number of nitro groups is 1. The number of methoxy groups -OCH3 is 2. The number of pyridine rings is 1. The van der Waals surface area contributed by atoms with E-state index in [2.05, 4.69) is 4.98 Å². The highest BCUT2D eigenvalue weighted by Crippen LogP contribution is 2.28. The highest BCUT2D eigenvalue weighted by atomic mass is 16.6. The summed E-state index contributed by atoms with van der Waals surface area (Å²) in [6.07, 6.45) is 3.22. The number of carbonyl (C=O) groups excluding carboxylic acids is 2. The van der Waals surface area contributed by atoms with Crippen LogP contribution < -0.4 is 4.74 Å². The lowest BCUT2D eigenvalue weighted by Gasteiger charge is -2.25. The minimum atomic E-state index is -0.613.